The normalized spacial score (nSPS) is 13.5. The first-order chi connectivity index (χ1) is 25.6. The van der Waals surface area contributed by atoms with Gasteiger partial charge in [0, 0.05) is 25.5 Å². The molecule has 16 nitrogen and oxygen atoms in total. The van der Waals surface area contributed by atoms with Gasteiger partial charge in [0.15, 0.2) is 0 Å². The van der Waals surface area contributed by atoms with Crippen LogP contribution in [0, 0.1) is 11.1 Å². The summed E-state index contributed by atoms with van der Waals surface area (Å²) in [6.07, 6.45) is 0.733. The van der Waals surface area contributed by atoms with Gasteiger partial charge in [0.25, 0.3) is 0 Å². The van der Waals surface area contributed by atoms with Crippen molar-refractivity contribution in [3.63, 3.8) is 0 Å². The fraction of sp³-hybridized carbons (Fsp3) is 0.579. The Morgan fingerprint density at radius 3 is 2.24 bits per heavy atom. The fourth-order valence-corrected chi connectivity index (χ4v) is 5.41. The first kappa shape index (κ1) is 43.1. The number of amides is 1. The van der Waals surface area contributed by atoms with E-state index in [2.05, 4.69) is 25.9 Å². The Kier molecular flexibility index (Phi) is 16.6. The topological polar surface area (TPSA) is 188 Å². The number of unbranched alkanes of at least 4 members (excludes halogenated alkanes) is 2. The molecule has 1 aromatic heterocycles. The summed E-state index contributed by atoms with van der Waals surface area (Å²) < 4.78 is 16.2. The number of carbonyl (C=O) groups excluding carboxylic acids is 3. The lowest BCUT2D eigenvalue weighted by Gasteiger charge is -2.33. The number of nitrogens with zero attached hydrogens (tertiary/aromatic N) is 7. The molecular formula is C38H56N8O8. The number of hydrogen-bond acceptors (Lipinski definition) is 12. The maximum absolute atomic E-state index is 13.6. The van der Waals surface area contributed by atoms with Crippen molar-refractivity contribution in [2.45, 2.75) is 124 Å². The molecule has 296 valence electrons. The molecular weight excluding hydrogens is 696 g/mol. The second kappa shape index (κ2) is 20.8. The molecule has 3 atom stereocenters. The molecule has 0 aliphatic heterocycles. The van der Waals surface area contributed by atoms with Crippen molar-refractivity contribution < 1.29 is 38.4 Å². The van der Waals surface area contributed by atoms with Crippen LogP contribution in [-0.4, -0.2) is 91.2 Å². The van der Waals surface area contributed by atoms with Crippen LogP contribution in [0.3, 0.4) is 0 Å². The molecule has 1 heterocycles. The van der Waals surface area contributed by atoms with E-state index in [1.165, 1.54) is 11.9 Å². The SMILES string of the molecule is CCCCC(=O)N(Cc1ccc(-c2ccccc2-c2nn[nH]n2)cc1)[C@H](C(=O)OC(C)OC(=O)O[C@@H](C)CCCCO/N=[N+](\[O-])N(C)C(C)(C)C)C(C)C. The second-order valence-corrected chi connectivity index (χ2v) is 14.5. The van der Waals surface area contributed by atoms with Crippen LogP contribution in [0.25, 0.3) is 22.5 Å². The largest absolute Gasteiger partial charge is 0.569 e. The first-order valence-electron chi connectivity index (χ1n) is 18.5. The standard InChI is InChI=1S/C38H56N8O8/c1-10-11-19-33(47)45(25-29-20-22-30(23-21-29)31-17-12-13-18-32(31)35-39-41-42-40-35)34(26(2)3)36(48)53-28(5)54-37(49)52-27(4)16-14-15-24-51-43-46(50)44(9)38(6,7)8/h12-13,17-18,20-23,26-28,34H,10-11,14-16,19,24-25H2,1-9H3,(H,39,40,41,42)/b46-43-/t27-,28?,34-/m0/s1. The molecule has 1 unspecified atom stereocenters. The number of aromatic amines is 1. The van der Waals surface area contributed by atoms with Gasteiger partial charge in [-0.1, -0.05) is 75.7 Å². The lowest BCUT2D eigenvalue weighted by molar-refractivity contribution is -0.719. The van der Waals surface area contributed by atoms with Crippen LogP contribution >= 0.6 is 0 Å². The zero-order valence-corrected chi connectivity index (χ0v) is 33.0. The van der Waals surface area contributed by atoms with Crippen molar-refractivity contribution in [1.29, 1.82) is 0 Å². The lowest BCUT2D eigenvalue weighted by Crippen LogP contribution is -2.49. The Balaban J connectivity index is 1.58. The van der Waals surface area contributed by atoms with Crippen molar-refractivity contribution in [1.82, 2.24) is 30.5 Å². The monoisotopic (exact) mass is 752 g/mol. The number of rotatable bonds is 20. The van der Waals surface area contributed by atoms with Crippen molar-refractivity contribution in [3.8, 4) is 22.5 Å². The summed E-state index contributed by atoms with van der Waals surface area (Å²) in [4.78, 5) is 46.8. The molecule has 0 aliphatic rings. The summed E-state index contributed by atoms with van der Waals surface area (Å²) in [7, 11) is 1.62. The highest BCUT2D eigenvalue weighted by Crippen LogP contribution is 2.30. The molecule has 0 radical (unpaired) electrons. The zero-order chi connectivity index (χ0) is 39.8. The predicted octanol–water partition coefficient (Wildman–Crippen LogP) is 7.22. The highest BCUT2D eigenvalue weighted by atomic mass is 16.8. The quantitative estimate of drug-likeness (QED) is 0.0305. The van der Waals surface area contributed by atoms with Gasteiger partial charge < -0.3 is 29.2 Å². The number of H-pyrrole nitrogens is 1. The third-order valence-electron chi connectivity index (χ3n) is 8.70. The molecule has 0 saturated carbocycles. The molecule has 1 amide bonds. The minimum atomic E-state index is -1.26. The third kappa shape index (κ3) is 13.3. The molecule has 3 rings (SSSR count). The van der Waals surface area contributed by atoms with E-state index in [1.54, 1.807) is 18.9 Å². The van der Waals surface area contributed by atoms with Crippen LogP contribution in [0.2, 0.25) is 0 Å². The van der Waals surface area contributed by atoms with Crippen molar-refractivity contribution in [2.75, 3.05) is 13.7 Å². The minimum absolute atomic E-state index is 0.171. The van der Waals surface area contributed by atoms with E-state index in [0.717, 1.165) is 28.7 Å². The molecule has 2 aromatic carbocycles. The van der Waals surface area contributed by atoms with Crippen molar-refractivity contribution in [3.05, 3.63) is 59.3 Å². The molecule has 3 aromatic rings. The number of tetrazole rings is 1. The summed E-state index contributed by atoms with van der Waals surface area (Å²) in [5, 5.41) is 31.3. The van der Waals surface area contributed by atoms with Crippen LogP contribution in [-0.2, 0) is 35.2 Å². The molecule has 0 spiro atoms. The van der Waals surface area contributed by atoms with Gasteiger partial charge in [-0.05, 0) is 81.2 Å². The third-order valence-corrected chi connectivity index (χ3v) is 8.70. The van der Waals surface area contributed by atoms with Gasteiger partial charge in [0.1, 0.15) is 18.8 Å². The highest BCUT2D eigenvalue weighted by Gasteiger charge is 2.35. The molecule has 16 heteroatoms. The molecule has 0 bridgehead atoms. The molecule has 0 fully saturated rings. The van der Waals surface area contributed by atoms with Crippen LogP contribution in [0.5, 0.6) is 0 Å². The summed E-state index contributed by atoms with van der Waals surface area (Å²) in [5.74, 6) is -0.700. The average molecular weight is 753 g/mol. The van der Waals surface area contributed by atoms with E-state index in [0.29, 0.717) is 36.5 Å². The fourth-order valence-electron chi connectivity index (χ4n) is 5.41. The Morgan fingerprint density at radius 1 is 0.944 bits per heavy atom. The van der Waals surface area contributed by atoms with Crippen LogP contribution in [0.1, 0.15) is 99.5 Å². The summed E-state index contributed by atoms with van der Waals surface area (Å²) in [6, 6.07) is 14.5. The lowest BCUT2D eigenvalue weighted by atomic mass is 9.97. The van der Waals surface area contributed by atoms with Gasteiger partial charge in [0.05, 0.1) is 17.6 Å². The van der Waals surface area contributed by atoms with Crippen LogP contribution in [0.15, 0.2) is 53.8 Å². The van der Waals surface area contributed by atoms with Gasteiger partial charge in [-0.25, -0.2) is 9.59 Å². The summed E-state index contributed by atoms with van der Waals surface area (Å²) >= 11 is 0. The number of aromatic nitrogens is 4. The predicted molar refractivity (Wildman–Crippen MR) is 200 cm³/mol. The van der Waals surface area contributed by atoms with E-state index in [1.807, 2.05) is 90.1 Å². The smallest absolute Gasteiger partial charge is 0.511 e. The molecule has 0 aliphatic carbocycles. The van der Waals surface area contributed by atoms with Crippen LogP contribution < -0.4 is 0 Å². The maximum Gasteiger partial charge on any atom is 0.511 e. The number of benzene rings is 2. The van der Waals surface area contributed by atoms with E-state index >= 15 is 0 Å². The van der Waals surface area contributed by atoms with Gasteiger partial charge in [-0.2, -0.15) is 5.21 Å². The minimum Gasteiger partial charge on any atom is -0.569 e. The number of hydrogen-bond donors (Lipinski definition) is 1. The summed E-state index contributed by atoms with van der Waals surface area (Å²) in [6.45, 7) is 14.8. The maximum atomic E-state index is 13.6. The number of ether oxygens (including phenoxy) is 3. The zero-order valence-electron chi connectivity index (χ0n) is 33.0. The van der Waals surface area contributed by atoms with Crippen LogP contribution in [0.4, 0.5) is 4.79 Å². The van der Waals surface area contributed by atoms with Crippen molar-refractivity contribution in [2.24, 2.45) is 11.2 Å². The Labute approximate surface area is 317 Å². The number of carbonyl (C=O) groups is 3. The van der Waals surface area contributed by atoms with Gasteiger partial charge in [-0.3, -0.25) is 4.79 Å². The number of hydrazine groups is 1. The second-order valence-electron chi connectivity index (χ2n) is 14.5. The summed E-state index contributed by atoms with van der Waals surface area (Å²) in [5.41, 5.74) is 3.08. The number of nitrogens with one attached hydrogen (secondary N) is 1. The highest BCUT2D eigenvalue weighted by molar-refractivity contribution is 5.85. The van der Waals surface area contributed by atoms with E-state index in [9.17, 15) is 19.6 Å². The Morgan fingerprint density at radius 2 is 1.63 bits per heavy atom. The Hall–Kier alpha value is -5.28. The van der Waals surface area contributed by atoms with Gasteiger partial charge in [0.2, 0.25) is 23.3 Å². The Bertz CT molecular complexity index is 1640. The number of esters is 1. The molecule has 0 saturated heterocycles. The first-order valence-corrected chi connectivity index (χ1v) is 18.5. The van der Waals surface area contributed by atoms with Gasteiger partial charge in [-0.15, -0.1) is 15.2 Å². The van der Waals surface area contributed by atoms with E-state index < -0.39 is 36.1 Å². The van der Waals surface area contributed by atoms with Crippen molar-refractivity contribution >= 4 is 18.0 Å². The molecule has 1 N–H and O–H groups in total. The molecule has 54 heavy (non-hydrogen) atoms. The average Bonchev–Trinajstić information content (AvgIpc) is 3.66. The van der Waals surface area contributed by atoms with E-state index in [4.69, 9.17) is 19.0 Å². The van der Waals surface area contributed by atoms with E-state index in [-0.39, 0.29) is 31.4 Å². The van der Waals surface area contributed by atoms with Gasteiger partial charge >= 0.3 is 12.1 Å².